The Morgan fingerprint density at radius 1 is 0.788 bits per heavy atom. The van der Waals surface area contributed by atoms with Crippen LogP contribution in [0.4, 0.5) is 5.69 Å². The van der Waals surface area contributed by atoms with Gasteiger partial charge in [-0.2, -0.15) is 0 Å². The molecular formula is C27H24N2O3S. The third-order valence-electron chi connectivity index (χ3n) is 5.22. The van der Waals surface area contributed by atoms with Crippen molar-refractivity contribution in [2.45, 2.75) is 11.3 Å². The molecule has 166 valence electrons. The normalized spacial score (nSPS) is 11.6. The fourth-order valence-corrected chi connectivity index (χ4v) is 4.55. The predicted molar refractivity (Wildman–Crippen MR) is 133 cm³/mol. The maximum Gasteiger partial charge on any atom is 0.248 e. The van der Waals surface area contributed by atoms with Crippen LogP contribution in [0.2, 0.25) is 0 Å². The van der Waals surface area contributed by atoms with Gasteiger partial charge in [0, 0.05) is 18.3 Å². The summed E-state index contributed by atoms with van der Waals surface area (Å²) >= 11 is 0. The third-order valence-corrected chi connectivity index (χ3v) is 6.70. The Balaban J connectivity index is 1.35. The quantitative estimate of drug-likeness (QED) is 0.366. The number of hydrogen-bond acceptors (Lipinski definition) is 3. The number of anilines is 1. The Bertz CT molecular complexity index is 1370. The summed E-state index contributed by atoms with van der Waals surface area (Å²) in [5, 5.41) is 4.94. The zero-order chi connectivity index (χ0) is 23.1. The van der Waals surface area contributed by atoms with Gasteiger partial charge in [-0.05, 0) is 58.7 Å². The van der Waals surface area contributed by atoms with Crippen molar-refractivity contribution in [1.29, 1.82) is 0 Å². The molecule has 0 aliphatic carbocycles. The van der Waals surface area contributed by atoms with Crippen LogP contribution in [0, 0.1) is 0 Å². The van der Waals surface area contributed by atoms with Crippen molar-refractivity contribution in [3.8, 4) is 0 Å². The fraction of sp³-hybridized carbons (Fsp3) is 0.0741. The van der Waals surface area contributed by atoms with Gasteiger partial charge in [-0.15, -0.1) is 0 Å². The Morgan fingerprint density at radius 3 is 2.27 bits per heavy atom. The molecule has 0 fully saturated rings. The van der Waals surface area contributed by atoms with E-state index < -0.39 is 10.0 Å². The summed E-state index contributed by atoms with van der Waals surface area (Å²) in [5.41, 5.74) is 2.53. The summed E-state index contributed by atoms with van der Waals surface area (Å²) in [4.78, 5) is 12.5. The fourth-order valence-electron chi connectivity index (χ4n) is 3.52. The van der Waals surface area contributed by atoms with Gasteiger partial charge in [0.2, 0.25) is 15.9 Å². The maximum atomic E-state index is 12.5. The van der Waals surface area contributed by atoms with Crippen molar-refractivity contribution in [2.24, 2.45) is 0 Å². The Labute approximate surface area is 193 Å². The molecule has 4 aromatic rings. The van der Waals surface area contributed by atoms with Gasteiger partial charge in [-0.1, -0.05) is 72.8 Å². The molecule has 0 atom stereocenters. The Hall–Kier alpha value is -3.74. The minimum atomic E-state index is -3.62. The SMILES string of the molecule is O=C(C=Cc1cccc2ccccc12)Nc1ccc(S(=O)(=O)NCCc2ccccc2)cc1. The average Bonchev–Trinajstić information content (AvgIpc) is 2.83. The highest BCUT2D eigenvalue weighted by Crippen LogP contribution is 2.20. The molecule has 0 saturated heterocycles. The van der Waals surface area contributed by atoms with Crippen LogP contribution in [0.1, 0.15) is 11.1 Å². The van der Waals surface area contributed by atoms with E-state index in [0.717, 1.165) is 21.9 Å². The molecule has 0 aliphatic rings. The van der Waals surface area contributed by atoms with Crippen molar-refractivity contribution >= 4 is 38.5 Å². The molecule has 2 N–H and O–H groups in total. The van der Waals surface area contributed by atoms with Gasteiger partial charge >= 0.3 is 0 Å². The number of nitrogens with one attached hydrogen (secondary N) is 2. The first kappa shape index (κ1) is 22.5. The summed E-state index contributed by atoms with van der Waals surface area (Å²) in [6.07, 6.45) is 3.85. The van der Waals surface area contributed by atoms with Crippen LogP contribution in [0.3, 0.4) is 0 Å². The first-order valence-electron chi connectivity index (χ1n) is 10.6. The first-order chi connectivity index (χ1) is 16.0. The Morgan fingerprint density at radius 2 is 1.48 bits per heavy atom. The van der Waals surface area contributed by atoms with Crippen molar-refractivity contribution in [3.05, 3.63) is 114 Å². The first-order valence-corrected chi connectivity index (χ1v) is 12.1. The standard InChI is InChI=1S/C27H24N2O3S/c30-27(18-13-23-11-6-10-22-9-4-5-12-26(22)23)29-24-14-16-25(17-15-24)33(31,32)28-20-19-21-7-2-1-3-8-21/h1-18,28H,19-20H2,(H,29,30). The average molecular weight is 457 g/mol. The van der Waals surface area contributed by atoms with E-state index in [1.54, 1.807) is 18.2 Å². The molecule has 0 spiro atoms. The topological polar surface area (TPSA) is 75.3 Å². The summed E-state index contributed by atoms with van der Waals surface area (Å²) in [6.45, 7) is 0.309. The van der Waals surface area contributed by atoms with Crippen LogP contribution in [0.15, 0.2) is 108 Å². The molecule has 0 aliphatic heterocycles. The Kier molecular flexibility index (Phi) is 6.98. The molecule has 0 bridgehead atoms. The van der Waals surface area contributed by atoms with Crippen LogP contribution >= 0.6 is 0 Å². The van der Waals surface area contributed by atoms with Crippen LogP contribution in [0.5, 0.6) is 0 Å². The molecule has 5 nitrogen and oxygen atoms in total. The number of fused-ring (bicyclic) bond motifs is 1. The van der Waals surface area contributed by atoms with E-state index >= 15 is 0 Å². The van der Waals surface area contributed by atoms with E-state index in [1.807, 2.05) is 72.8 Å². The van der Waals surface area contributed by atoms with E-state index in [0.29, 0.717) is 18.7 Å². The van der Waals surface area contributed by atoms with E-state index in [2.05, 4.69) is 10.0 Å². The number of hydrogen-bond donors (Lipinski definition) is 2. The smallest absolute Gasteiger partial charge is 0.248 e. The van der Waals surface area contributed by atoms with E-state index in [4.69, 9.17) is 0 Å². The second kappa shape index (κ2) is 10.3. The molecular weight excluding hydrogens is 432 g/mol. The van der Waals surface area contributed by atoms with Crippen LogP contribution in [0.25, 0.3) is 16.8 Å². The lowest BCUT2D eigenvalue weighted by molar-refractivity contribution is -0.111. The van der Waals surface area contributed by atoms with Crippen molar-refractivity contribution in [3.63, 3.8) is 0 Å². The number of sulfonamides is 1. The molecule has 33 heavy (non-hydrogen) atoms. The number of benzene rings is 4. The molecule has 4 aromatic carbocycles. The zero-order valence-corrected chi connectivity index (χ0v) is 18.8. The molecule has 0 radical (unpaired) electrons. The second-order valence-electron chi connectivity index (χ2n) is 7.55. The minimum absolute atomic E-state index is 0.153. The second-order valence-corrected chi connectivity index (χ2v) is 9.32. The van der Waals surface area contributed by atoms with Gasteiger partial charge in [0.15, 0.2) is 0 Å². The van der Waals surface area contributed by atoms with E-state index in [-0.39, 0.29) is 10.8 Å². The van der Waals surface area contributed by atoms with Gasteiger partial charge in [-0.3, -0.25) is 4.79 Å². The van der Waals surface area contributed by atoms with Gasteiger partial charge in [0.25, 0.3) is 0 Å². The van der Waals surface area contributed by atoms with Crippen LogP contribution in [-0.4, -0.2) is 20.9 Å². The van der Waals surface area contributed by atoms with Crippen molar-refractivity contribution in [1.82, 2.24) is 4.72 Å². The van der Waals surface area contributed by atoms with Crippen molar-refractivity contribution in [2.75, 3.05) is 11.9 Å². The molecule has 1 amide bonds. The number of rotatable bonds is 8. The number of carbonyl (C=O) groups excluding carboxylic acids is 1. The number of carbonyl (C=O) groups is 1. The summed E-state index contributed by atoms with van der Waals surface area (Å²) in [6, 6.07) is 29.7. The monoisotopic (exact) mass is 456 g/mol. The molecule has 0 heterocycles. The largest absolute Gasteiger partial charge is 0.323 e. The molecule has 0 saturated carbocycles. The summed E-state index contributed by atoms with van der Waals surface area (Å²) in [5.74, 6) is -0.292. The van der Waals surface area contributed by atoms with Crippen LogP contribution in [-0.2, 0) is 21.2 Å². The predicted octanol–water partition coefficient (Wildman–Crippen LogP) is 5.01. The molecule has 0 unspecified atom stereocenters. The molecule has 4 rings (SSSR count). The van der Waals surface area contributed by atoms with Gasteiger partial charge in [0.1, 0.15) is 0 Å². The maximum absolute atomic E-state index is 12.5. The van der Waals surface area contributed by atoms with Crippen molar-refractivity contribution < 1.29 is 13.2 Å². The van der Waals surface area contributed by atoms with Gasteiger partial charge < -0.3 is 5.32 Å². The van der Waals surface area contributed by atoms with Gasteiger partial charge in [-0.25, -0.2) is 13.1 Å². The van der Waals surface area contributed by atoms with Gasteiger partial charge in [0.05, 0.1) is 4.90 Å². The third kappa shape index (κ3) is 5.94. The van der Waals surface area contributed by atoms with E-state index in [9.17, 15) is 13.2 Å². The lowest BCUT2D eigenvalue weighted by atomic mass is 10.0. The minimum Gasteiger partial charge on any atom is -0.323 e. The number of amides is 1. The lowest BCUT2D eigenvalue weighted by Gasteiger charge is -2.08. The highest BCUT2D eigenvalue weighted by molar-refractivity contribution is 7.89. The summed E-state index contributed by atoms with van der Waals surface area (Å²) < 4.78 is 27.6. The molecule has 6 heteroatoms. The van der Waals surface area contributed by atoms with Crippen LogP contribution < -0.4 is 10.0 Å². The summed E-state index contributed by atoms with van der Waals surface area (Å²) in [7, 11) is -3.62. The highest BCUT2D eigenvalue weighted by Gasteiger charge is 2.13. The van der Waals surface area contributed by atoms with E-state index in [1.165, 1.54) is 18.2 Å². The molecule has 0 aromatic heterocycles. The zero-order valence-electron chi connectivity index (χ0n) is 17.9. The lowest BCUT2D eigenvalue weighted by Crippen LogP contribution is -2.26. The highest BCUT2D eigenvalue weighted by atomic mass is 32.2.